The number of hydrogen-bond acceptors (Lipinski definition) is 4. The first-order chi connectivity index (χ1) is 10.2. The lowest BCUT2D eigenvalue weighted by Gasteiger charge is -2.23. The number of anilines is 1. The Morgan fingerprint density at radius 1 is 1.19 bits per heavy atom. The average molecular weight is 283 g/mol. The second-order valence-corrected chi connectivity index (χ2v) is 5.21. The zero-order valence-electron chi connectivity index (χ0n) is 11.7. The number of aliphatic imine (C=N–C) groups is 1. The molecule has 1 aromatic heterocycles. The van der Waals surface area contributed by atoms with Gasteiger partial charge in [-0.3, -0.25) is 5.32 Å². The largest absolute Gasteiger partial charge is 0.383 e. The lowest BCUT2D eigenvalue weighted by Crippen LogP contribution is -2.87. The van der Waals surface area contributed by atoms with Gasteiger partial charge in [-0.1, -0.05) is 18.2 Å². The number of nitrogens with zero attached hydrogens (tertiary/aromatic N) is 3. The van der Waals surface area contributed by atoms with Crippen LogP contribution in [0.1, 0.15) is 24.8 Å². The summed E-state index contributed by atoms with van der Waals surface area (Å²) >= 11 is 0. The molecule has 21 heavy (non-hydrogen) atoms. The predicted octanol–water partition coefficient (Wildman–Crippen LogP) is 0.843. The molecule has 0 amide bonds. The Morgan fingerprint density at radius 2 is 1.95 bits per heavy atom. The monoisotopic (exact) mass is 283 g/mol. The van der Waals surface area contributed by atoms with E-state index in [0.29, 0.717) is 23.3 Å². The van der Waals surface area contributed by atoms with Crippen LogP contribution in [-0.2, 0) is 0 Å². The minimum atomic E-state index is 0.352. The molecule has 1 aromatic carbocycles. The van der Waals surface area contributed by atoms with Gasteiger partial charge in [-0.25, -0.2) is 9.98 Å². The number of amidine groups is 1. The molecule has 0 aliphatic heterocycles. The van der Waals surface area contributed by atoms with Crippen LogP contribution in [0.2, 0.25) is 0 Å². The Labute approximate surface area is 123 Å². The van der Waals surface area contributed by atoms with Crippen LogP contribution in [0.3, 0.4) is 0 Å². The van der Waals surface area contributed by atoms with Crippen molar-refractivity contribution in [2.75, 3.05) is 5.73 Å². The molecule has 0 saturated heterocycles. The van der Waals surface area contributed by atoms with Gasteiger partial charge in [-0.2, -0.15) is 4.98 Å². The summed E-state index contributed by atoms with van der Waals surface area (Å²) in [6.07, 6.45) is 5.13. The van der Waals surface area contributed by atoms with Gasteiger partial charge in [0.15, 0.2) is 0 Å². The fraction of sp³-hybridized carbons (Fsp3) is 0.267. The van der Waals surface area contributed by atoms with E-state index in [2.05, 4.69) is 20.3 Å². The highest BCUT2D eigenvalue weighted by atomic mass is 15.1. The highest BCUT2D eigenvalue weighted by Gasteiger charge is 2.25. The number of nitrogen functional groups attached to an aromatic ring is 1. The first kappa shape index (κ1) is 13.5. The minimum absolute atomic E-state index is 0.352. The van der Waals surface area contributed by atoms with Crippen molar-refractivity contribution in [3.05, 3.63) is 42.2 Å². The van der Waals surface area contributed by atoms with E-state index in [-0.39, 0.29) is 0 Å². The van der Waals surface area contributed by atoms with E-state index in [1.807, 2.05) is 30.3 Å². The second-order valence-electron chi connectivity index (χ2n) is 5.21. The Kier molecular flexibility index (Phi) is 3.79. The molecule has 0 bridgehead atoms. The van der Waals surface area contributed by atoms with Gasteiger partial charge in [-0.05, 0) is 31.4 Å². The summed E-state index contributed by atoms with van der Waals surface area (Å²) in [5.41, 5.74) is 13.5. The van der Waals surface area contributed by atoms with Crippen LogP contribution in [0, 0.1) is 0 Å². The van der Waals surface area contributed by atoms with Crippen LogP contribution < -0.4 is 16.8 Å². The number of rotatable bonds is 4. The molecular formula is C15H19N6+. The molecule has 3 rings (SSSR count). The number of para-hydroxylation sites is 1. The number of benzene rings is 1. The molecule has 1 saturated carbocycles. The first-order valence-electron chi connectivity index (χ1n) is 7.09. The van der Waals surface area contributed by atoms with Crippen molar-refractivity contribution < 1.29 is 5.32 Å². The quantitative estimate of drug-likeness (QED) is 0.571. The Morgan fingerprint density at radius 3 is 2.62 bits per heavy atom. The van der Waals surface area contributed by atoms with Gasteiger partial charge < -0.3 is 11.5 Å². The maximum absolute atomic E-state index is 6.13. The molecule has 1 fully saturated rings. The lowest BCUT2D eigenvalue weighted by atomic mass is 9.93. The number of nitrogens with two attached hydrogens (primary N) is 3. The molecule has 0 unspecified atom stereocenters. The molecule has 6 N–H and O–H groups in total. The van der Waals surface area contributed by atoms with Crippen LogP contribution in [0.4, 0.5) is 17.3 Å². The zero-order valence-corrected chi connectivity index (χ0v) is 11.7. The maximum Gasteiger partial charge on any atom is 0.240 e. The van der Waals surface area contributed by atoms with Gasteiger partial charge in [0.05, 0.1) is 11.7 Å². The summed E-state index contributed by atoms with van der Waals surface area (Å²) in [5.74, 6) is 1.50. The molecule has 108 valence electrons. The molecule has 0 spiro atoms. The number of hydrogen-bond donors (Lipinski definition) is 3. The van der Waals surface area contributed by atoms with E-state index in [1.54, 1.807) is 0 Å². The van der Waals surface area contributed by atoms with Crippen LogP contribution in [0.25, 0.3) is 0 Å². The molecule has 6 heteroatoms. The normalized spacial score (nSPS) is 15.7. The number of aromatic nitrogens is 2. The first-order valence-corrected chi connectivity index (χ1v) is 7.09. The van der Waals surface area contributed by atoms with E-state index in [4.69, 9.17) is 11.5 Å². The van der Waals surface area contributed by atoms with Crippen molar-refractivity contribution in [2.24, 2.45) is 10.7 Å². The van der Waals surface area contributed by atoms with Gasteiger partial charge in [0.2, 0.25) is 5.82 Å². The summed E-state index contributed by atoms with van der Waals surface area (Å²) in [7, 11) is 0. The smallest absolute Gasteiger partial charge is 0.240 e. The molecule has 6 nitrogen and oxygen atoms in total. The lowest BCUT2D eigenvalue weighted by molar-refractivity contribution is -0.625. The fourth-order valence-corrected chi connectivity index (χ4v) is 2.33. The van der Waals surface area contributed by atoms with Crippen molar-refractivity contribution in [1.29, 1.82) is 0 Å². The van der Waals surface area contributed by atoms with Crippen molar-refractivity contribution >= 4 is 23.2 Å². The SMILES string of the molecule is NC(=Nc1ccccc1)c1c(N)ncnc1[NH2+]C1CCC1. The fourth-order valence-electron chi connectivity index (χ4n) is 2.33. The minimum Gasteiger partial charge on any atom is -0.383 e. The van der Waals surface area contributed by atoms with Crippen LogP contribution in [0.15, 0.2) is 41.7 Å². The topological polar surface area (TPSA) is 107 Å². The van der Waals surface area contributed by atoms with Gasteiger partial charge in [0, 0.05) is 0 Å². The van der Waals surface area contributed by atoms with Crippen LogP contribution in [0.5, 0.6) is 0 Å². The molecule has 2 aromatic rings. The van der Waals surface area contributed by atoms with E-state index >= 15 is 0 Å². The third kappa shape index (κ3) is 3.00. The van der Waals surface area contributed by atoms with Crippen LogP contribution >= 0.6 is 0 Å². The van der Waals surface area contributed by atoms with Gasteiger partial charge in [0.1, 0.15) is 23.5 Å². The van der Waals surface area contributed by atoms with Crippen molar-refractivity contribution in [3.63, 3.8) is 0 Å². The number of quaternary nitrogens is 1. The second kappa shape index (κ2) is 5.88. The average Bonchev–Trinajstić information content (AvgIpc) is 2.44. The molecule has 1 aliphatic carbocycles. The molecule has 0 radical (unpaired) electrons. The van der Waals surface area contributed by atoms with Crippen LogP contribution in [-0.4, -0.2) is 21.8 Å². The van der Waals surface area contributed by atoms with E-state index in [0.717, 1.165) is 11.5 Å². The van der Waals surface area contributed by atoms with E-state index in [1.165, 1.54) is 25.6 Å². The van der Waals surface area contributed by atoms with Crippen molar-refractivity contribution in [1.82, 2.24) is 9.97 Å². The Hall–Kier alpha value is -2.47. The van der Waals surface area contributed by atoms with Gasteiger partial charge >= 0.3 is 0 Å². The van der Waals surface area contributed by atoms with Gasteiger partial charge in [-0.15, -0.1) is 0 Å². The molecule has 1 aliphatic rings. The molecule has 0 atom stereocenters. The standard InChI is InChI=1S/C15H18N6/c16-13-12(14(17)20-10-5-2-1-3-6-10)15(19-9-18-13)21-11-7-4-8-11/h1-3,5-6,9,11H,4,7-8H2,(H2,17,20)(H3,16,18,19,21)/p+1. The van der Waals surface area contributed by atoms with Crippen molar-refractivity contribution in [3.8, 4) is 0 Å². The van der Waals surface area contributed by atoms with Gasteiger partial charge in [0.25, 0.3) is 0 Å². The van der Waals surface area contributed by atoms with Crippen molar-refractivity contribution in [2.45, 2.75) is 25.3 Å². The maximum atomic E-state index is 6.13. The zero-order chi connectivity index (χ0) is 14.7. The third-order valence-electron chi connectivity index (χ3n) is 3.71. The highest BCUT2D eigenvalue weighted by molar-refractivity contribution is 6.05. The highest BCUT2D eigenvalue weighted by Crippen LogP contribution is 2.19. The van der Waals surface area contributed by atoms with E-state index in [9.17, 15) is 0 Å². The summed E-state index contributed by atoms with van der Waals surface area (Å²) in [4.78, 5) is 12.8. The molecule has 1 heterocycles. The summed E-state index contributed by atoms with van der Waals surface area (Å²) in [6.45, 7) is 0. The van der Waals surface area contributed by atoms with E-state index < -0.39 is 0 Å². The summed E-state index contributed by atoms with van der Waals surface area (Å²) in [6, 6.07) is 10.1. The predicted molar refractivity (Wildman–Crippen MR) is 82.5 cm³/mol. The molecular weight excluding hydrogens is 264 g/mol. The Bertz CT molecular complexity index is 648. The summed E-state index contributed by atoms with van der Waals surface area (Å²) < 4.78 is 0. The summed E-state index contributed by atoms with van der Waals surface area (Å²) in [5, 5.41) is 2.13. The third-order valence-corrected chi connectivity index (χ3v) is 3.71. The Balaban J connectivity index is 1.94.